The molecule has 0 aromatic carbocycles. The molecule has 0 radical (unpaired) electrons. The van der Waals surface area contributed by atoms with E-state index < -0.39 is 5.54 Å². The van der Waals surface area contributed by atoms with E-state index in [1.54, 1.807) is 0 Å². The molecule has 0 aromatic heterocycles. The summed E-state index contributed by atoms with van der Waals surface area (Å²) < 4.78 is 0. The third-order valence-electron chi connectivity index (χ3n) is 1.99. The largest absolute Gasteiger partial charge is 0.342 e. The van der Waals surface area contributed by atoms with Crippen molar-refractivity contribution in [2.75, 3.05) is 6.54 Å². The number of nitrogens with one attached hydrogen (secondary N) is 1. The molecular formula is C10H20N2O2. The van der Waals surface area contributed by atoms with E-state index in [1.807, 2.05) is 0 Å². The zero-order valence-electron chi connectivity index (χ0n) is 9.22. The van der Waals surface area contributed by atoms with E-state index in [4.69, 9.17) is 5.73 Å². The van der Waals surface area contributed by atoms with E-state index in [0.29, 0.717) is 0 Å². The van der Waals surface area contributed by atoms with Crippen molar-refractivity contribution in [1.29, 1.82) is 0 Å². The van der Waals surface area contributed by atoms with Gasteiger partial charge in [0.1, 0.15) is 0 Å². The number of carbonyl (C=O) groups excluding carboxylic acids is 2. The fraction of sp³-hybridized carbons (Fsp3) is 0.800. The van der Waals surface area contributed by atoms with Crippen LogP contribution < -0.4 is 11.1 Å². The molecule has 1 aliphatic rings. The molecule has 82 valence electrons. The summed E-state index contributed by atoms with van der Waals surface area (Å²) in [6, 6.07) is 0. The van der Waals surface area contributed by atoms with Gasteiger partial charge in [-0.15, -0.1) is 0 Å². The summed E-state index contributed by atoms with van der Waals surface area (Å²) in [5.41, 5.74) is 4.54. The minimum atomic E-state index is -0.545. The Morgan fingerprint density at radius 3 is 2.00 bits per heavy atom. The van der Waals surface area contributed by atoms with Crippen molar-refractivity contribution in [3.05, 3.63) is 0 Å². The summed E-state index contributed by atoms with van der Waals surface area (Å²) in [6.07, 6.45) is 2.77. The van der Waals surface area contributed by atoms with E-state index in [9.17, 15) is 9.59 Å². The van der Waals surface area contributed by atoms with Crippen LogP contribution in [0.5, 0.6) is 0 Å². The summed E-state index contributed by atoms with van der Waals surface area (Å²) in [7, 11) is 0. The number of nitrogens with two attached hydrogens (primary N) is 1. The Hall–Kier alpha value is -0.900. The molecule has 4 heteroatoms. The van der Waals surface area contributed by atoms with Gasteiger partial charge in [-0.2, -0.15) is 0 Å². The van der Waals surface area contributed by atoms with Crippen molar-refractivity contribution in [2.45, 2.75) is 45.6 Å². The molecule has 1 aliphatic carbocycles. The molecule has 3 N–H and O–H groups in total. The van der Waals surface area contributed by atoms with E-state index in [0.717, 1.165) is 12.8 Å². The maximum atomic E-state index is 10.9. The van der Waals surface area contributed by atoms with Crippen LogP contribution in [0.25, 0.3) is 0 Å². The van der Waals surface area contributed by atoms with Gasteiger partial charge in [-0.25, -0.2) is 0 Å². The lowest BCUT2D eigenvalue weighted by Gasteiger charge is -2.12. The lowest BCUT2D eigenvalue weighted by molar-refractivity contribution is -0.126. The molecule has 1 amide bonds. The summed E-state index contributed by atoms with van der Waals surface area (Å²) in [4.78, 5) is 21.7. The molecule has 0 spiro atoms. The fourth-order valence-corrected chi connectivity index (χ4v) is 1.01. The van der Waals surface area contributed by atoms with Crippen LogP contribution in [-0.2, 0) is 9.59 Å². The molecule has 0 unspecified atom stereocenters. The van der Waals surface area contributed by atoms with Crippen LogP contribution in [0.15, 0.2) is 0 Å². The Balaban J connectivity index is 0.000000500. The van der Waals surface area contributed by atoms with E-state index >= 15 is 0 Å². The highest BCUT2D eigenvalue weighted by Gasteiger charge is 2.48. The van der Waals surface area contributed by atoms with Gasteiger partial charge in [0.2, 0.25) is 5.91 Å². The Labute approximate surface area is 85.2 Å². The first kappa shape index (κ1) is 13.1. The number of amides is 1. The Morgan fingerprint density at radius 2 is 1.79 bits per heavy atom. The summed E-state index contributed by atoms with van der Waals surface area (Å²) >= 11 is 0. The molecule has 1 fully saturated rings. The van der Waals surface area contributed by atoms with Crippen LogP contribution in [0.1, 0.15) is 40.0 Å². The maximum Gasteiger partial charge on any atom is 0.234 e. The van der Waals surface area contributed by atoms with Gasteiger partial charge in [0.05, 0.1) is 12.1 Å². The van der Waals surface area contributed by atoms with Crippen LogP contribution in [0, 0.1) is 0 Å². The molecule has 0 saturated heterocycles. The molecule has 0 aliphatic heterocycles. The van der Waals surface area contributed by atoms with Gasteiger partial charge < -0.3 is 11.1 Å². The smallest absolute Gasteiger partial charge is 0.234 e. The predicted molar refractivity (Wildman–Crippen MR) is 55.8 cm³/mol. The van der Waals surface area contributed by atoms with Gasteiger partial charge in [-0.1, -0.05) is 20.3 Å². The van der Waals surface area contributed by atoms with Crippen molar-refractivity contribution in [2.24, 2.45) is 5.73 Å². The molecule has 14 heavy (non-hydrogen) atoms. The zero-order chi connectivity index (χ0) is 11.2. The number of carbonyl (C=O) groups is 2. The number of Topliss-reactive ketones (excluding diaryl/α,β-unsaturated/α-hetero) is 1. The Bertz CT molecular complexity index is 210. The number of rotatable bonds is 3. The van der Waals surface area contributed by atoms with Crippen molar-refractivity contribution in [3.63, 3.8) is 0 Å². The highest BCUT2D eigenvalue weighted by Crippen LogP contribution is 2.35. The average molecular weight is 200 g/mol. The second kappa shape index (κ2) is 5.75. The molecule has 0 aromatic rings. The fourth-order valence-electron chi connectivity index (χ4n) is 1.01. The molecule has 1 saturated carbocycles. The van der Waals surface area contributed by atoms with Gasteiger partial charge in [0.15, 0.2) is 5.78 Å². The lowest BCUT2D eigenvalue weighted by Crippen LogP contribution is -2.44. The predicted octanol–water partition coefficient (Wildman–Crippen LogP) is 0.599. The third-order valence-corrected chi connectivity index (χ3v) is 1.99. The van der Waals surface area contributed by atoms with Crippen LogP contribution in [0.4, 0.5) is 0 Å². The monoisotopic (exact) mass is 200 g/mol. The molecule has 4 nitrogen and oxygen atoms in total. The van der Waals surface area contributed by atoms with Gasteiger partial charge in [0.25, 0.3) is 0 Å². The Morgan fingerprint density at radius 1 is 1.36 bits per heavy atom. The second-order valence-corrected chi connectivity index (χ2v) is 3.60. The molecule has 0 heterocycles. The van der Waals surface area contributed by atoms with Gasteiger partial charge in [0, 0.05) is 0 Å². The van der Waals surface area contributed by atoms with Crippen LogP contribution in [-0.4, -0.2) is 23.8 Å². The van der Waals surface area contributed by atoms with Crippen molar-refractivity contribution in [1.82, 2.24) is 5.32 Å². The van der Waals surface area contributed by atoms with E-state index in [-0.39, 0.29) is 18.2 Å². The highest BCUT2D eigenvalue weighted by atomic mass is 16.2. The van der Waals surface area contributed by atoms with Crippen molar-refractivity contribution < 1.29 is 9.59 Å². The second-order valence-electron chi connectivity index (χ2n) is 3.60. The number of ketones is 1. The highest BCUT2D eigenvalue weighted by molar-refractivity contribution is 5.94. The summed E-state index contributed by atoms with van der Waals surface area (Å²) in [5.74, 6) is -0.225. The summed E-state index contributed by atoms with van der Waals surface area (Å²) in [5, 5.41) is 2.60. The average Bonchev–Trinajstić information content (AvgIpc) is 2.87. The number of hydrogen-bond acceptors (Lipinski definition) is 3. The SMILES string of the molecule is CC(=O)C1(NC(=O)CN)CC1.CCC. The van der Waals surface area contributed by atoms with Gasteiger partial charge in [-0.05, 0) is 19.8 Å². The van der Waals surface area contributed by atoms with Gasteiger partial charge >= 0.3 is 0 Å². The third kappa shape index (κ3) is 3.87. The quantitative estimate of drug-likeness (QED) is 0.700. The first-order chi connectivity index (χ1) is 6.52. The Kier molecular flexibility index (Phi) is 5.38. The lowest BCUT2D eigenvalue weighted by atomic mass is 10.2. The first-order valence-electron chi connectivity index (χ1n) is 5.04. The zero-order valence-corrected chi connectivity index (χ0v) is 9.22. The molecule has 1 rings (SSSR count). The molecule has 0 atom stereocenters. The topological polar surface area (TPSA) is 72.2 Å². The van der Waals surface area contributed by atoms with Crippen molar-refractivity contribution in [3.8, 4) is 0 Å². The molecule has 0 bridgehead atoms. The van der Waals surface area contributed by atoms with Gasteiger partial charge in [-0.3, -0.25) is 9.59 Å². The van der Waals surface area contributed by atoms with Crippen molar-refractivity contribution >= 4 is 11.7 Å². The van der Waals surface area contributed by atoms with Crippen LogP contribution >= 0.6 is 0 Å². The van der Waals surface area contributed by atoms with E-state index in [2.05, 4.69) is 19.2 Å². The maximum absolute atomic E-state index is 10.9. The van der Waals surface area contributed by atoms with Crippen LogP contribution in [0.2, 0.25) is 0 Å². The first-order valence-corrected chi connectivity index (χ1v) is 5.04. The summed E-state index contributed by atoms with van der Waals surface area (Å²) in [6.45, 7) is 5.69. The standard InChI is InChI=1S/C7H12N2O2.C3H8/c1-5(10)7(2-3-7)9-6(11)4-8;1-3-2/h2-4,8H2,1H3,(H,9,11);3H2,1-2H3. The number of hydrogen-bond donors (Lipinski definition) is 2. The normalized spacial score (nSPS) is 16.3. The minimum absolute atomic E-state index is 0.0271. The molecular weight excluding hydrogens is 180 g/mol. The minimum Gasteiger partial charge on any atom is -0.342 e. The van der Waals surface area contributed by atoms with Crippen LogP contribution in [0.3, 0.4) is 0 Å². The van der Waals surface area contributed by atoms with E-state index in [1.165, 1.54) is 13.3 Å².